The molecule has 0 spiro atoms. The molecule has 0 heterocycles. The number of ketones is 1. The van der Waals surface area contributed by atoms with Crippen LogP contribution in [0.4, 0.5) is 15.8 Å². The summed E-state index contributed by atoms with van der Waals surface area (Å²) in [5, 5.41) is 14.5. The zero-order valence-electron chi connectivity index (χ0n) is 13.4. The van der Waals surface area contributed by atoms with E-state index in [-0.39, 0.29) is 30.2 Å². The third kappa shape index (κ3) is 5.10. The summed E-state index contributed by atoms with van der Waals surface area (Å²) < 4.78 is 18.9. The van der Waals surface area contributed by atoms with E-state index in [1.165, 1.54) is 42.5 Å². The van der Waals surface area contributed by atoms with Crippen LogP contribution >= 0.6 is 0 Å². The highest BCUT2D eigenvalue weighted by Crippen LogP contribution is 2.15. The standard InChI is InChI=1S/C17H16FN3O4/c1-2-25-17(16(22)11-12-5-3-4-6-15(12)18)20-19-13-7-9-14(10-8-13)21(23)24/h3-10,19H,2,11H2,1H3. The number of anilines is 1. The monoisotopic (exact) mass is 345 g/mol. The lowest BCUT2D eigenvalue weighted by Crippen LogP contribution is -2.22. The van der Waals surface area contributed by atoms with E-state index in [0.717, 1.165) is 0 Å². The van der Waals surface area contributed by atoms with E-state index in [9.17, 15) is 19.3 Å². The summed E-state index contributed by atoms with van der Waals surface area (Å²) in [5.74, 6) is -1.15. The Balaban J connectivity index is 2.10. The third-order valence-electron chi connectivity index (χ3n) is 3.19. The minimum absolute atomic E-state index is 0.0600. The van der Waals surface area contributed by atoms with Crippen molar-refractivity contribution >= 4 is 23.1 Å². The molecule has 2 aromatic rings. The molecule has 0 aromatic heterocycles. The average molecular weight is 345 g/mol. The van der Waals surface area contributed by atoms with Crippen LogP contribution in [0.25, 0.3) is 0 Å². The molecule has 0 aliphatic carbocycles. The number of carbonyl (C=O) groups excluding carboxylic acids is 1. The Labute approximate surface area is 143 Å². The van der Waals surface area contributed by atoms with E-state index >= 15 is 0 Å². The molecule has 2 rings (SSSR count). The molecule has 0 fully saturated rings. The van der Waals surface area contributed by atoms with Crippen LogP contribution in [0.3, 0.4) is 0 Å². The van der Waals surface area contributed by atoms with Gasteiger partial charge in [0.1, 0.15) is 5.82 Å². The zero-order chi connectivity index (χ0) is 18.2. The van der Waals surface area contributed by atoms with Crippen LogP contribution in [-0.2, 0) is 16.0 Å². The van der Waals surface area contributed by atoms with Crippen molar-refractivity contribution in [3.05, 3.63) is 70.0 Å². The number of non-ortho nitro benzene ring substituents is 1. The van der Waals surface area contributed by atoms with E-state index in [1.807, 2.05) is 0 Å². The summed E-state index contributed by atoms with van der Waals surface area (Å²) >= 11 is 0. The van der Waals surface area contributed by atoms with Gasteiger partial charge in [0, 0.05) is 18.6 Å². The molecular weight excluding hydrogens is 329 g/mol. The van der Waals surface area contributed by atoms with Crippen molar-refractivity contribution in [1.29, 1.82) is 0 Å². The quantitative estimate of drug-likeness (QED) is 0.360. The number of nitrogens with one attached hydrogen (secondary N) is 1. The number of rotatable bonds is 7. The molecule has 130 valence electrons. The molecule has 1 N–H and O–H groups in total. The van der Waals surface area contributed by atoms with Crippen LogP contribution in [0.2, 0.25) is 0 Å². The number of Topliss-reactive ketones (excluding diaryl/α,β-unsaturated/α-hetero) is 1. The number of nitro benzene ring substituents is 1. The molecule has 8 heteroatoms. The van der Waals surface area contributed by atoms with Crippen molar-refractivity contribution in [2.75, 3.05) is 12.0 Å². The van der Waals surface area contributed by atoms with Crippen molar-refractivity contribution in [1.82, 2.24) is 0 Å². The molecule has 0 bridgehead atoms. The van der Waals surface area contributed by atoms with Gasteiger partial charge < -0.3 is 4.74 Å². The van der Waals surface area contributed by atoms with Gasteiger partial charge in [-0.25, -0.2) is 4.39 Å². The van der Waals surface area contributed by atoms with E-state index in [4.69, 9.17) is 4.74 Å². The van der Waals surface area contributed by atoms with Crippen LogP contribution in [0.15, 0.2) is 53.6 Å². The maximum atomic E-state index is 13.6. The summed E-state index contributed by atoms with van der Waals surface area (Å²) in [6, 6.07) is 11.5. The Bertz CT molecular complexity index is 791. The zero-order valence-corrected chi connectivity index (χ0v) is 13.4. The summed E-state index contributed by atoms with van der Waals surface area (Å²) in [4.78, 5) is 22.4. The van der Waals surface area contributed by atoms with Crippen LogP contribution in [0.1, 0.15) is 12.5 Å². The number of hydrogen-bond acceptors (Lipinski definition) is 6. The van der Waals surface area contributed by atoms with Gasteiger partial charge in [0.05, 0.1) is 17.2 Å². The summed E-state index contributed by atoms with van der Waals surface area (Å²) in [5.41, 5.74) is 3.23. The highest BCUT2D eigenvalue weighted by atomic mass is 19.1. The number of halogens is 1. The van der Waals surface area contributed by atoms with E-state index in [0.29, 0.717) is 5.69 Å². The number of hydrazone groups is 1. The fraction of sp³-hybridized carbons (Fsp3) is 0.176. The molecule has 0 atom stereocenters. The maximum absolute atomic E-state index is 13.6. The first-order valence-corrected chi connectivity index (χ1v) is 7.48. The van der Waals surface area contributed by atoms with Gasteiger partial charge in [0.25, 0.3) is 11.6 Å². The smallest absolute Gasteiger partial charge is 0.275 e. The van der Waals surface area contributed by atoms with E-state index in [1.54, 1.807) is 13.0 Å². The molecule has 0 saturated carbocycles. The number of carbonyl (C=O) groups is 1. The summed E-state index contributed by atoms with van der Waals surface area (Å²) in [7, 11) is 0. The molecule has 0 amide bonds. The highest BCUT2D eigenvalue weighted by Gasteiger charge is 2.16. The number of hydrogen-bond donors (Lipinski definition) is 1. The van der Waals surface area contributed by atoms with Gasteiger partial charge in [0.2, 0.25) is 5.78 Å². The number of nitro groups is 1. The van der Waals surface area contributed by atoms with Crippen molar-refractivity contribution in [3.63, 3.8) is 0 Å². The first kappa shape index (κ1) is 18.1. The number of ether oxygens (including phenoxy) is 1. The van der Waals surface area contributed by atoms with Crippen molar-refractivity contribution in [3.8, 4) is 0 Å². The lowest BCUT2D eigenvalue weighted by Gasteiger charge is -2.08. The third-order valence-corrected chi connectivity index (χ3v) is 3.19. The first-order valence-electron chi connectivity index (χ1n) is 7.48. The molecule has 0 unspecified atom stereocenters. The summed E-state index contributed by atoms with van der Waals surface area (Å²) in [6.45, 7) is 1.90. The molecule has 2 aromatic carbocycles. The fourth-order valence-corrected chi connectivity index (χ4v) is 1.98. The second-order valence-corrected chi connectivity index (χ2v) is 4.96. The fourth-order valence-electron chi connectivity index (χ4n) is 1.98. The van der Waals surface area contributed by atoms with Gasteiger partial charge in [0.15, 0.2) is 0 Å². The molecule has 0 saturated heterocycles. The SMILES string of the molecule is CCOC(=NNc1ccc([N+](=O)[O-])cc1)C(=O)Cc1ccccc1F. The summed E-state index contributed by atoms with van der Waals surface area (Å²) in [6.07, 6.45) is -0.187. The van der Waals surface area contributed by atoms with Crippen LogP contribution < -0.4 is 5.43 Å². The number of benzene rings is 2. The minimum atomic E-state index is -0.517. The normalized spacial score (nSPS) is 11.0. The second-order valence-electron chi connectivity index (χ2n) is 4.96. The van der Waals surface area contributed by atoms with Gasteiger partial charge in [-0.15, -0.1) is 5.10 Å². The predicted molar refractivity (Wildman–Crippen MR) is 90.9 cm³/mol. The van der Waals surface area contributed by atoms with Gasteiger partial charge in [-0.3, -0.25) is 20.3 Å². The molecule has 0 radical (unpaired) electrons. The second kappa shape index (κ2) is 8.53. The maximum Gasteiger partial charge on any atom is 0.275 e. The Kier molecular flexibility index (Phi) is 6.16. The Morgan fingerprint density at radius 2 is 1.92 bits per heavy atom. The van der Waals surface area contributed by atoms with Crippen LogP contribution in [-0.4, -0.2) is 23.2 Å². The van der Waals surface area contributed by atoms with Gasteiger partial charge in [-0.2, -0.15) is 0 Å². The molecule has 0 aliphatic heterocycles. The number of nitrogens with zero attached hydrogens (tertiary/aromatic N) is 2. The van der Waals surface area contributed by atoms with Crippen molar-refractivity contribution in [2.24, 2.45) is 5.10 Å². The molecule has 7 nitrogen and oxygen atoms in total. The Hall–Kier alpha value is -3.29. The average Bonchev–Trinajstić information content (AvgIpc) is 2.60. The predicted octanol–water partition coefficient (Wildman–Crippen LogP) is 3.31. The molecule has 0 aliphatic rings. The Morgan fingerprint density at radius 1 is 1.24 bits per heavy atom. The Morgan fingerprint density at radius 3 is 2.52 bits per heavy atom. The first-order chi connectivity index (χ1) is 12.0. The lowest BCUT2D eigenvalue weighted by molar-refractivity contribution is -0.384. The van der Waals surface area contributed by atoms with Crippen LogP contribution in [0.5, 0.6) is 0 Å². The lowest BCUT2D eigenvalue weighted by atomic mass is 10.1. The van der Waals surface area contributed by atoms with Gasteiger partial charge in [-0.1, -0.05) is 18.2 Å². The van der Waals surface area contributed by atoms with E-state index in [2.05, 4.69) is 10.5 Å². The minimum Gasteiger partial charge on any atom is -0.474 e. The van der Waals surface area contributed by atoms with Crippen LogP contribution in [0, 0.1) is 15.9 Å². The van der Waals surface area contributed by atoms with E-state index < -0.39 is 16.5 Å². The van der Waals surface area contributed by atoms with Crippen molar-refractivity contribution < 1.29 is 18.8 Å². The topological polar surface area (TPSA) is 93.8 Å². The van der Waals surface area contributed by atoms with Crippen molar-refractivity contribution in [2.45, 2.75) is 13.3 Å². The molecule has 25 heavy (non-hydrogen) atoms. The largest absolute Gasteiger partial charge is 0.474 e. The molecular formula is C17H16FN3O4. The van der Waals surface area contributed by atoms with Gasteiger partial charge >= 0.3 is 0 Å². The highest BCUT2D eigenvalue weighted by molar-refractivity contribution is 6.36. The van der Waals surface area contributed by atoms with Gasteiger partial charge in [-0.05, 0) is 30.7 Å².